The summed E-state index contributed by atoms with van der Waals surface area (Å²) in [7, 11) is -6.00. The number of esters is 2. The van der Waals surface area contributed by atoms with Crippen LogP contribution in [0.15, 0.2) is 12.2 Å². The van der Waals surface area contributed by atoms with Crippen LogP contribution >= 0.6 is 0 Å². The molecule has 38 heavy (non-hydrogen) atoms. The van der Waals surface area contributed by atoms with E-state index in [9.17, 15) is 31.9 Å². The second-order valence-electron chi connectivity index (χ2n) is 11.8. The topological polar surface area (TPSA) is 136 Å². The molecule has 5 atom stereocenters. The van der Waals surface area contributed by atoms with Crippen LogP contribution in [-0.4, -0.2) is 64.8 Å². The highest BCUT2D eigenvalue weighted by Gasteiger charge is 2.59. The maximum absolute atomic E-state index is 14.0. The summed E-state index contributed by atoms with van der Waals surface area (Å²) in [6.45, 7) is 3.16. The molecule has 0 aromatic heterocycles. The molecule has 4 bridgehead atoms. The normalized spacial score (nSPS) is 37.2. The van der Waals surface area contributed by atoms with Gasteiger partial charge in [0, 0.05) is 12.3 Å². The number of rotatable bonds is 11. The van der Waals surface area contributed by atoms with E-state index >= 15 is 0 Å². The molecule has 4 fully saturated rings. The second-order valence-corrected chi connectivity index (χ2v) is 13.2. The van der Waals surface area contributed by atoms with Crippen molar-refractivity contribution < 1.29 is 50.7 Å². The van der Waals surface area contributed by atoms with Crippen molar-refractivity contribution in [3.8, 4) is 0 Å². The number of carbonyl (C=O) groups excluding carboxylic acids is 2. The Kier molecular flexibility index (Phi) is 8.04. The first kappa shape index (κ1) is 29.4. The summed E-state index contributed by atoms with van der Waals surface area (Å²) < 4.78 is 75.7. The summed E-state index contributed by atoms with van der Waals surface area (Å²) in [5.74, 6) is -2.63. The van der Waals surface area contributed by atoms with Gasteiger partial charge in [-0.2, -0.15) is 17.2 Å². The SMILES string of the molecule is CCC(CC1CCC=CC1(CC)OC(=O)C(F)(F)S(=O)(=O)O)OCC(=O)OC12CC3CC(CC(O)(C3)C1)C2. The standard InChI is InChI=1S/C26H38F2O9S/c1-3-20(35-15-21(29)36-24-13-17-9-18(14-24)12-23(31,11-17)16-24)10-19-7-5-6-8-25(19,4-2)37-22(30)26(27,28)38(32,33)34/h6,8,17-20,31H,3-5,7,9-16H2,1-2H3,(H,32,33,34). The molecule has 0 aromatic carbocycles. The fourth-order valence-electron chi connectivity index (χ4n) is 7.59. The Bertz CT molecular complexity index is 1040. The largest absolute Gasteiger partial charge is 0.465 e. The molecule has 0 aromatic rings. The number of halogens is 2. The van der Waals surface area contributed by atoms with Crippen molar-refractivity contribution in [2.45, 2.75) is 113 Å². The summed E-state index contributed by atoms with van der Waals surface area (Å²) in [5.41, 5.74) is -2.94. The van der Waals surface area contributed by atoms with E-state index in [2.05, 4.69) is 0 Å². The lowest BCUT2D eigenvalue weighted by atomic mass is 9.52. The van der Waals surface area contributed by atoms with Gasteiger partial charge in [0.1, 0.15) is 17.8 Å². The predicted octanol–water partition coefficient (Wildman–Crippen LogP) is 3.94. The lowest BCUT2D eigenvalue weighted by Gasteiger charge is -2.59. The van der Waals surface area contributed by atoms with Crippen LogP contribution in [0.5, 0.6) is 0 Å². The highest BCUT2D eigenvalue weighted by Crippen LogP contribution is 2.58. The first-order chi connectivity index (χ1) is 17.6. The molecule has 5 unspecified atom stereocenters. The van der Waals surface area contributed by atoms with E-state index in [0.29, 0.717) is 37.5 Å². The summed E-state index contributed by atoms with van der Waals surface area (Å²) in [5, 5.41) is 5.79. The van der Waals surface area contributed by atoms with Gasteiger partial charge in [-0.15, -0.1) is 0 Å². The van der Waals surface area contributed by atoms with Crippen molar-refractivity contribution in [1.82, 2.24) is 0 Å². The van der Waals surface area contributed by atoms with Crippen molar-refractivity contribution in [2.75, 3.05) is 6.61 Å². The van der Waals surface area contributed by atoms with Crippen LogP contribution < -0.4 is 0 Å². The van der Waals surface area contributed by atoms with Crippen LogP contribution in [0.25, 0.3) is 0 Å². The molecule has 0 amide bonds. The average Bonchev–Trinajstić information content (AvgIpc) is 2.80. The number of alkyl halides is 2. The van der Waals surface area contributed by atoms with Gasteiger partial charge in [-0.3, -0.25) is 4.55 Å². The van der Waals surface area contributed by atoms with Crippen molar-refractivity contribution in [2.24, 2.45) is 17.8 Å². The van der Waals surface area contributed by atoms with Gasteiger partial charge < -0.3 is 19.3 Å². The molecule has 216 valence electrons. The van der Waals surface area contributed by atoms with E-state index in [1.165, 1.54) is 6.08 Å². The second kappa shape index (κ2) is 10.4. The molecule has 0 saturated heterocycles. The quantitative estimate of drug-likeness (QED) is 0.217. The van der Waals surface area contributed by atoms with E-state index in [1.54, 1.807) is 13.0 Å². The first-order valence-electron chi connectivity index (χ1n) is 13.5. The maximum atomic E-state index is 14.0. The van der Waals surface area contributed by atoms with Gasteiger partial charge in [0.25, 0.3) is 0 Å². The third-order valence-corrected chi connectivity index (χ3v) is 9.73. The van der Waals surface area contributed by atoms with Gasteiger partial charge in [-0.05, 0) is 82.1 Å². The molecule has 5 aliphatic carbocycles. The molecule has 4 saturated carbocycles. The molecule has 2 N–H and O–H groups in total. The fraction of sp³-hybridized carbons (Fsp3) is 0.846. The molecule has 0 heterocycles. The van der Waals surface area contributed by atoms with Gasteiger partial charge >= 0.3 is 27.3 Å². The van der Waals surface area contributed by atoms with Crippen molar-refractivity contribution in [3.05, 3.63) is 12.2 Å². The maximum Gasteiger partial charge on any atom is 0.465 e. The monoisotopic (exact) mass is 564 g/mol. The van der Waals surface area contributed by atoms with Crippen LogP contribution in [-0.2, 0) is 33.9 Å². The van der Waals surface area contributed by atoms with Crippen molar-refractivity contribution >= 4 is 22.1 Å². The Balaban J connectivity index is 1.37. The molecular formula is C26H38F2O9S. The van der Waals surface area contributed by atoms with E-state index in [-0.39, 0.29) is 19.4 Å². The van der Waals surface area contributed by atoms with Gasteiger partial charge in [0.15, 0.2) is 0 Å². The zero-order chi connectivity index (χ0) is 28.0. The van der Waals surface area contributed by atoms with E-state index < -0.39 is 56.1 Å². The first-order valence-corrected chi connectivity index (χ1v) is 14.9. The van der Waals surface area contributed by atoms with Crippen LogP contribution in [0.1, 0.15) is 84.5 Å². The molecule has 0 aliphatic heterocycles. The molecule has 0 radical (unpaired) electrons. The lowest BCUT2D eigenvalue weighted by Crippen LogP contribution is -2.60. The Morgan fingerprint density at radius 3 is 2.34 bits per heavy atom. The zero-order valence-corrected chi connectivity index (χ0v) is 22.7. The molecule has 5 aliphatic rings. The van der Waals surface area contributed by atoms with Crippen LogP contribution in [0.3, 0.4) is 0 Å². The molecular weight excluding hydrogens is 526 g/mol. The minimum absolute atomic E-state index is 0.0910. The van der Waals surface area contributed by atoms with E-state index in [4.69, 9.17) is 18.8 Å². The van der Waals surface area contributed by atoms with Crippen LogP contribution in [0.2, 0.25) is 0 Å². The molecule has 9 nitrogen and oxygen atoms in total. The number of aliphatic hydroxyl groups is 1. The zero-order valence-electron chi connectivity index (χ0n) is 21.9. The van der Waals surface area contributed by atoms with Crippen molar-refractivity contribution in [3.63, 3.8) is 0 Å². The van der Waals surface area contributed by atoms with E-state index in [0.717, 1.165) is 32.1 Å². The van der Waals surface area contributed by atoms with E-state index in [1.807, 2.05) is 6.92 Å². The number of allylic oxidation sites excluding steroid dienone is 1. The van der Waals surface area contributed by atoms with Gasteiger partial charge in [-0.25, -0.2) is 9.59 Å². The Labute approximate surface area is 222 Å². The number of hydrogen-bond donors (Lipinski definition) is 2. The smallest absolute Gasteiger partial charge is 0.457 e. The minimum atomic E-state index is -6.00. The Morgan fingerprint density at radius 2 is 1.79 bits per heavy atom. The van der Waals surface area contributed by atoms with Gasteiger partial charge in [0.05, 0.1) is 11.7 Å². The minimum Gasteiger partial charge on any atom is -0.457 e. The number of hydrogen-bond acceptors (Lipinski definition) is 8. The number of ether oxygens (including phenoxy) is 3. The molecule has 0 spiro atoms. The van der Waals surface area contributed by atoms with Crippen LogP contribution in [0.4, 0.5) is 8.78 Å². The Hall–Kier alpha value is -1.63. The third kappa shape index (κ3) is 5.78. The average molecular weight is 565 g/mol. The van der Waals surface area contributed by atoms with Gasteiger partial charge in [0.2, 0.25) is 0 Å². The highest BCUT2D eigenvalue weighted by atomic mass is 32.2. The summed E-state index contributed by atoms with van der Waals surface area (Å²) in [4.78, 5) is 24.9. The molecule has 5 rings (SSSR count). The predicted molar refractivity (Wildman–Crippen MR) is 131 cm³/mol. The van der Waals surface area contributed by atoms with Crippen LogP contribution in [0, 0.1) is 17.8 Å². The summed E-state index contributed by atoms with van der Waals surface area (Å²) in [6.07, 6.45) is 9.10. The highest BCUT2D eigenvalue weighted by molar-refractivity contribution is 7.87. The summed E-state index contributed by atoms with van der Waals surface area (Å²) >= 11 is 0. The third-order valence-electron chi connectivity index (χ3n) is 8.92. The van der Waals surface area contributed by atoms with Crippen molar-refractivity contribution in [1.29, 1.82) is 0 Å². The number of carbonyl (C=O) groups is 2. The Morgan fingerprint density at radius 1 is 1.13 bits per heavy atom. The fourth-order valence-corrected chi connectivity index (χ4v) is 7.84. The molecule has 12 heteroatoms. The summed E-state index contributed by atoms with van der Waals surface area (Å²) in [6, 6.07) is 0. The van der Waals surface area contributed by atoms with Gasteiger partial charge in [-0.1, -0.05) is 19.9 Å². The lowest BCUT2D eigenvalue weighted by molar-refractivity contribution is -0.223.